The fraction of sp³-hybridized carbons (Fsp3) is 0.444. The molecule has 0 amide bonds. The average Bonchev–Trinajstić information content (AvgIpc) is 3.03. The van der Waals surface area contributed by atoms with Crippen molar-refractivity contribution in [1.82, 2.24) is 24.3 Å². The summed E-state index contributed by atoms with van der Waals surface area (Å²) in [4.78, 5) is 19.1. The Kier molecular flexibility index (Phi) is 6.74. The number of alkyl halides is 2. The van der Waals surface area contributed by atoms with Crippen molar-refractivity contribution in [1.29, 1.82) is 0 Å². The minimum Gasteiger partial charge on any atom is -0.356 e. The largest absolute Gasteiger partial charge is 0.356 e. The number of nitrogens with two attached hydrogens (primary N) is 1. The van der Waals surface area contributed by atoms with Gasteiger partial charge < -0.3 is 10.6 Å². The van der Waals surface area contributed by atoms with Crippen molar-refractivity contribution in [3.63, 3.8) is 0 Å². The van der Waals surface area contributed by atoms with Gasteiger partial charge in [0.1, 0.15) is 17.2 Å². The predicted molar refractivity (Wildman–Crippen MR) is 108 cm³/mol. The summed E-state index contributed by atoms with van der Waals surface area (Å²) >= 11 is 3.53. The quantitative estimate of drug-likeness (QED) is 0.650. The number of imidazole rings is 1. The van der Waals surface area contributed by atoms with Gasteiger partial charge in [0, 0.05) is 31.5 Å². The zero-order valence-electron chi connectivity index (χ0n) is 15.5. The van der Waals surface area contributed by atoms with E-state index in [0.717, 1.165) is 38.2 Å². The fourth-order valence-corrected chi connectivity index (χ4v) is 3.18. The summed E-state index contributed by atoms with van der Waals surface area (Å²) in [6.07, 6.45) is 7.83. The molecule has 10 heteroatoms. The lowest BCUT2D eigenvalue weighted by atomic mass is 10.1. The molecule has 0 bridgehead atoms. The highest BCUT2D eigenvalue weighted by Gasteiger charge is 2.18. The Morgan fingerprint density at radius 2 is 1.96 bits per heavy atom. The van der Waals surface area contributed by atoms with Crippen LogP contribution in [-0.2, 0) is 0 Å². The summed E-state index contributed by atoms with van der Waals surface area (Å²) in [7, 11) is 0. The number of nitrogens with zero attached hydrogens (tertiary/aromatic N) is 6. The lowest BCUT2D eigenvalue weighted by Gasteiger charge is -2.21. The molecule has 150 valence electrons. The summed E-state index contributed by atoms with van der Waals surface area (Å²) in [5.74, 6) is 1.25. The van der Waals surface area contributed by atoms with Crippen LogP contribution < -0.4 is 10.6 Å². The van der Waals surface area contributed by atoms with E-state index in [4.69, 9.17) is 5.73 Å². The van der Waals surface area contributed by atoms with Crippen LogP contribution in [0.5, 0.6) is 0 Å². The number of hydrogen-bond donors (Lipinski definition) is 2. The Hall–Kier alpha value is -2.33. The number of hydrogen-bond acceptors (Lipinski definition) is 7. The van der Waals surface area contributed by atoms with Crippen LogP contribution in [0.1, 0.15) is 31.4 Å². The van der Waals surface area contributed by atoms with Gasteiger partial charge in [0.05, 0.1) is 12.4 Å². The van der Waals surface area contributed by atoms with Gasteiger partial charge in [0.25, 0.3) is 6.43 Å². The highest BCUT2D eigenvalue weighted by atomic mass is 32.1. The zero-order valence-corrected chi connectivity index (χ0v) is 16.4. The number of rotatable bonds is 3. The lowest BCUT2D eigenvalue weighted by Crippen LogP contribution is -2.27. The van der Waals surface area contributed by atoms with Gasteiger partial charge in [-0.15, -0.1) is 0 Å². The molecule has 4 rings (SSSR count). The standard InChI is InChI=1S/C17H19F2N7.CH4S/c18-16(19)12-10-26-13(8-23-15(26)9-22-12)17-21-5-3-14(24-17)25-6-1-2-11(20)4-7-25;1-2/h3,5,8-11,16H,1-2,4,6-7,20H2;2H,1H3. The molecule has 1 saturated heterocycles. The van der Waals surface area contributed by atoms with E-state index in [9.17, 15) is 8.78 Å². The van der Waals surface area contributed by atoms with Gasteiger partial charge >= 0.3 is 0 Å². The van der Waals surface area contributed by atoms with Gasteiger partial charge in [-0.1, -0.05) is 0 Å². The van der Waals surface area contributed by atoms with Crippen LogP contribution in [0.15, 0.2) is 30.9 Å². The number of anilines is 1. The van der Waals surface area contributed by atoms with Crippen molar-refractivity contribution in [2.24, 2.45) is 5.73 Å². The first-order valence-electron chi connectivity index (χ1n) is 9.01. The van der Waals surface area contributed by atoms with Crippen LogP contribution in [0.2, 0.25) is 0 Å². The van der Waals surface area contributed by atoms with Crippen molar-refractivity contribution >= 4 is 24.1 Å². The van der Waals surface area contributed by atoms with E-state index in [1.54, 1.807) is 23.1 Å². The van der Waals surface area contributed by atoms with Crippen molar-refractivity contribution < 1.29 is 8.78 Å². The molecule has 28 heavy (non-hydrogen) atoms. The van der Waals surface area contributed by atoms with Crippen LogP contribution in [-0.4, -0.2) is 49.7 Å². The van der Waals surface area contributed by atoms with Gasteiger partial charge in [-0.05, 0) is 31.6 Å². The van der Waals surface area contributed by atoms with E-state index in [0.29, 0.717) is 17.2 Å². The monoisotopic (exact) mass is 407 g/mol. The van der Waals surface area contributed by atoms with Crippen molar-refractivity contribution in [2.45, 2.75) is 31.7 Å². The van der Waals surface area contributed by atoms with Gasteiger partial charge in [-0.3, -0.25) is 4.40 Å². The van der Waals surface area contributed by atoms with Crippen LogP contribution in [0, 0.1) is 0 Å². The van der Waals surface area contributed by atoms with Crippen molar-refractivity contribution in [3.8, 4) is 11.5 Å². The third-order valence-corrected chi connectivity index (χ3v) is 4.61. The molecule has 3 aromatic rings. The first kappa shape index (κ1) is 20.4. The highest BCUT2D eigenvalue weighted by molar-refractivity contribution is 7.79. The Morgan fingerprint density at radius 1 is 1.14 bits per heavy atom. The summed E-state index contributed by atoms with van der Waals surface area (Å²) in [6.45, 7) is 1.72. The normalized spacial score (nSPS) is 17.4. The second-order valence-corrected chi connectivity index (χ2v) is 6.40. The summed E-state index contributed by atoms with van der Waals surface area (Å²) < 4.78 is 27.5. The summed E-state index contributed by atoms with van der Waals surface area (Å²) in [6, 6.07) is 2.08. The number of fused-ring (bicyclic) bond motifs is 1. The molecule has 0 radical (unpaired) electrons. The SMILES string of the molecule is CS.NC1CCCN(c2ccnc(-c3cnc4cnc(C(F)F)cn34)n2)CC1. The molecular weight excluding hydrogens is 384 g/mol. The second kappa shape index (κ2) is 9.24. The number of aromatic nitrogens is 5. The molecule has 4 heterocycles. The molecule has 7 nitrogen and oxygen atoms in total. The van der Waals surface area contributed by atoms with Crippen LogP contribution in [0.3, 0.4) is 0 Å². The Labute approximate surface area is 167 Å². The molecule has 1 aliphatic rings. The molecule has 1 aliphatic heterocycles. The number of halogens is 2. The maximum atomic E-state index is 13.0. The van der Waals surface area contributed by atoms with Crippen LogP contribution >= 0.6 is 12.6 Å². The zero-order chi connectivity index (χ0) is 20.1. The molecule has 1 atom stereocenters. The Bertz CT molecular complexity index is 918. The van der Waals surface area contributed by atoms with E-state index >= 15 is 0 Å². The minimum absolute atomic E-state index is 0.223. The van der Waals surface area contributed by atoms with E-state index in [2.05, 4.69) is 37.5 Å². The van der Waals surface area contributed by atoms with Crippen molar-refractivity contribution in [2.75, 3.05) is 24.2 Å². The molecule has 0 saturated carbocycles. The minimum atomic E-state index is -2.65. The first-order chi connectivity index (χ1) is 13.6. The first-order valence-corrected chi connectivity index (χ1v) is 9.91. The maximum absolute atomic E-state index is 13.0. The van der Waals surface area contributed by atoms with Crippen LogP contribution in [0.4, 0.5) is 14.6 Å². The molecule has 0 aliphatic carbocycles. The molecular formula is C18H23F2N7S. The smallest absolute Gasteiger partial charge is 0.281 e. The molecule has 0 aromatic carbocycles. The van der Waals surface area contributed by atoms with E-state index in [1.807, 2.05) is 6.07 Å². The maximum Gasteiger partial charge on any atom is 0.281 e. The highest BCUT2D eigenvalue weighted by Crippen LogP contribution is 2.23. The Balaban J connectivity index is 0.00000109. The topological polar surface area (TPSA) is 85.2 Å². The van der Waals surface area contributed by atoms with Gasteiger partial charge in [0.2, 0.25) is 0 Å². The molecule has 2 N–H and O–H groups in total. The summed E-state index contributed by atoms with van der Waals surface area (Å²) in [5, 5.41) is 0. The Morgan fingerprint density at radius 3 is 2.75 bits per heavy atom. The molecule has 3 aromatic heterocycles. The third-order valence-electron chi connectivity index (χ3n) is 4.61. The average molecular weight is 407 g/mol. The third kappa shape index (κ3) is 4.39. The lowest BCUT2D eigenvalue weighted by molar-refractivity contribution is 0.145. The van der Waals surface area contributed by atoms with Gasteiger partial charge in [0.15, 0.2) is 11.5 Å². The van der Waals surface area contributed by atoms with E-state index in [1.165, 1.54) is 12.4 Å². The molecule has 0 spiro atoms. The van der Waals surface area contributed by atoms with Gasteiger partial charge in [-0.2, -0.15) is 12.6 Å². The molecule has 1 unspecified atom stereocenters. The fourth-order valence-electron chi connectivity index (χ4n) is 3.18. The predicted octanol–water partition coefficient (Wildman–Crippen LogP) is 2.99. The van der Waals surface area contributed by atoms with Crippen LogP contribution in [0.25, 0.3) is 17.2 Å². The number of thiol groups is 1. The van der Waals surface area contributed by atoms with Gasteiger partial charge in [-0.25, -0.2) is 28.7 Å². The van der Waals surface area contributed by atoms with E-state index in [-0.39, 0.29) is 11.7 Å². The molecule has 1 fully saturated rings. The van der Waals surface area contributed by atoms with E-state index < -0.39 is 6.43 Å². The van der Waals surface area contributed by atoms with Crippen molar-refractivity contribution in [3.05, 3.63) is 36.5 Å². The summed E-state index contributed by atoms with van der Waals surface area (Å²) in [5.41, 5.74) is 6.76. The second-order valence-electron chi connectivity index (χ2n) is 6.40.